The minimum Gasteiger partial charge on any atom is -0.337 e. The van der Waals surface area contributed by atoms with Crippen LogP contribution >= 0.6 is 11.3 Å². The van der Waals surface area contributed by atoms with Gasteiger partial charge in [-0.15, -0.1) is 11.3 Å². The number of carbonyl (C=O) groups is 1. The summed E-state index contributed by atoms with van der Waals surface area (Å²) in [4.78, 5) is 17.9. The number of amides is 1. The molecule has 1 aromatic heterocycles. The molecule has 3 nitrogen and oxygen atoms in total. The fourth-order valence-corrected chi connectivity index (χ4v) is 3.99. The summed E-state index contributed by atoms with van der Waals surface area (Å²) in [5, 5.41) is 1.98. The van der Waals surface area contributed by atoms with Gasteiger partial charge >= 0.3 is 0 Å². The molecule has 0 saturated carbocycles. The number of carbonyl (C=O) groups excluding carboxylic acids is 1. The molecule has 2 aliphatic rings. The Labute approximate surface area is 131 Å². The minimum atomic E-state index is 0.215. The van der Waals surface area contributed by atoms with Gasteiger partial charge in [-0.25, -0.2) is 0 Å². The summed E-state index contributed by atoms with van der Waals surface area (Å²) in [5.41, 5.74) is 0. The maximum absolute atomic E-state index is 12.4. The van der Waals surface area contributed by atoms with Gasteiger partial charge < -0.3 is 9.80 Å². The van der Waals surface area contributed by atoms with Gasteiger partial charge in [0.2, 0.25) is 0 Å². The number of nitrogens with zero attached hydrogens (tertiary/aromatic N) is 2. The molecule has 114 valence electrons. The Hall–Kier alpha value is -1.13. The fourth-order valence-electron chi connectivity index (χ4n) is 3.30. The molecule has 1 aliphatic heterocycles. The van der Waals surface area contributed by atoms with E-state index >= 15 is 0 Å². The number of hydrogen-bond donors (Lipinski definition) is 0. The molecule has 0 aromatic carbocycles. The van der Waals surface area contributed by atoms with Crippen LogP contribution in [-0.2, 0) is 0 Å². The summed E-state index contributed by atoms with van der Waals surface area (Å²) in [5.74, 6) is 1.03. The van der Waals surface area contributed by atoms with E-state index in [-0.39, 0.29) is 5.91 Å². The van der Waals surface area contributed by atoms with Crippen molar-refractivity contribution < 1.29 is 4.79 Å². The van der Waals surface area contributed by atoms with E-state index in [1.54, 1.807) is 11.3 Å². The van der Waals surface area contributed by atoms with Gasteiger partial charge in [-0.05, 0) is 49.6 Å². The lowest BCUT2D eigenvalue weighted by atomic mass is 9.94. The van der Waals surface area contributed by atoms with Gasteiger partial charge in [-0.3, -0.25) is 4.79 Å². The monoisotopic (exact) mass is 304 g/mol. The van der Waals surface area contributed by atoms with E-state index in [4.69, 9.17) is 0 Å². The van der Waals surface area contributed by atoms with E-state index in [1.165, 1.54) is 25.8 Å². The molecule has 1 aromatic rings. The van der Waals surface area contributed by atoms with Gasteiger partial charge in [0, 0.05) is 26.2 Å². The summed E-state index contributed by atoms with van der Waals surface area (Å²) < 4.78 is 0. The summed E-state index contributed by atoms with van der Waals surface area (Å²) >= 11 is 1.55. The Morgan fingerprint density at radius 2 is 2.19 bits per heavy atom. The predicted octanol–water partition coefficient (Wildman–Crippen LogP) is 3.25. The molecule has 1 fully saturated rings. The highest BCUT2D eigenvalue weighted by Gasteiger charge is 2.22. The van der Waals surface area contributed by atoms with Crippen LogP contribution in [0.5, 0.6) is 0 Å². The van der Waals surface area contributed by atoms with E-state index in [2.05, 4.69) is 17.1 Å². The third-order valence-corrected chi connectivity index (χ3v) is 5.36. The lowest BCUT2D eigenvalue weighted by Crippen LogP contribution is -2.36. The van der Waals surface area contributed by atoms with Gasteiger partial charge in [-0.2, -0.15) is 0 Å². The fraction of sp³-hybridized carbons (Fsp3) is 0.588. The molecule has 3 rings (SSSR count). The van der Waals surface area contributed by atoms with Crippen molar-refractivity contribution in [2.45, 2.75) is 25.7 Å². The zero-order valence-electron chi connectivity index (χ0n) is 12.5. The topological polar surface area (TPSA) is 23.6 Å². The average molecular weight is 304 g/mol. The molecule has 1 atom stereocenters. The molecule has 0 spiro atoms. The van der Waals surface area contributed by atoms with E-state index in [0.29, 0.717) is 0 Å². The first kappa shape index (κ1) is 14.8. The van der Waals surface area contributed by atoms with Crippen LogP contribution in [0.1, 0.15) is 35.4 Å². The Morgan fingerprint density at radius 3 is 2.95 bits per heavy atom. The van der Waals surface area contributed by atoms with E-state index in [9.17, 15) is 4.79 Å². The van der Waals surface area contributed by atoms with Crippen molar-refractivity contribution in [3.05, 3.63) is 34.5 Å². The summed E-state index contributed by atoms with van der Waals surface area (Å²) in [6.07, 6.45) is 9.53. The van der Waals surface area contributed by atoms with Crippen molar-refractivity contribution in [2.75, 3.05) is 32.7 Å². The van der Waals surface area contributed by atoms with Crippen LogP contribution in [0.3, 0.4) is 0 Å². The molecule has 0 N–H and O–H groups in total. The van der Waals surface area contributed by atoms with E-state index in [0.717, 1.165) is 43.4 Å². The second-order valence-corrected chi connectivity index (χ2v) is 7.02. The lowest BCUT2D eigenvalue weighted by Gasteiger charge is -2.27. The molecular weight excluding hydrogens is 280 g/mol. The van der Waals surface area contributed by atoms with Crippen molar-refractivity contribution in [2.24, 2.45) is 5.92 Å². The Bertz CT molecular complexity index is 483. The molecule has 1 amide bonds. The van der Waals surface area contributed by atoms with Gasteiger partial charge in [-0.1, -0.05) is 18.2 Å². The molecule has 1 saturated heterocycles. The van der Waals surface area contributed by atoms with Crippen LogP contribution in [0.15, 0.2) is 29.7 Å². The lowest BCUT2D eigenvalue weighted by molar-refractivity contribution is 0.0765. The highest BCUT2D eigenvalue weighted by molar-refractivity contribution is 7.12. The standard InChI is InChI=1S/C17H24N2OS/c20-17(16-8-4-13-21-16)19-10-5-9-18(11-12-19)14-15-6-2-1-3-7-15/h1-2,4,8,13,15H,3,5-7,9-12,14H2. The smallest absolute Gasteiger partial charge is 0.263 e. The van der Waals surface area contributed by atoms with Crippen molar-refractivity contribution >= 4 is 17.2 Å². The molecular formula is C17H24N2OS. The third kappa shape index (κ3) is 3.95. The first-order valence-corrected chi connectivity index (χ1v) is 8.91. The van der Waals surface area contributed by atoms with Crippen molar-refractivity contribution in [3.63, 3.8) is 0 Å². The molecule has 1 unspecified atom stereocenters. The van der Waals surface area contributed by atoms with E-state index < -0.39 is 0 Å². The van der Waals surface area contributed by atoms with Crippen molar-refractivity contribution in [1.82, 2.24) is 9.80 Å². The summed E-state index contributed by atoms with van der Waals surface area (Å²) in [6.45, 7) is 5.13. The first-order chi connectivity index (χ1) is 10.3. The SMILES string of the molecule is O=C(c1cccs1)N1CCCN(CC2CC=CCC2)CC1. The largest absolute Gasteiger partial charge is 0.337 e. The normalized spacial score (nSPS) is 24.0. The molecule has 4 heteroatoms. The highest BCUT2D eigenvalue weighted by Crippen LogP contribution is 2.20. The van der Waals surface area contributed by atoms with Crippen LogP contribution in [0.4, 0.5) is 0 Å². The minimum absolute atomic E-state index is 0.215. The molecule has 2 heterocycles. The van der Waals surface area contributed by atoms with Crippen LogP contribution in [-0.4, -0.2) is 48.4 Å². The van der Waals surface area contributed by atoms with Crippen LogP contribution in [0.2, 0.25) is 0 Å². The second-order valence-electron chi connectivity index (χ2n) is 6.07. The summed E-state index contributed by atoms with van der Waals surface area (Å²) in [7, 11) is 0. The first-order valence-electron chi connectivity index (χ1n) is 8.03. The summed E-state index contributed by atoms with van der Waals surface area (Å²) in [6, 6.07) is 3.89. The quantitative estimate of drug-likeness (QED) is 0.800. The number of hydrogen-bond acceptors (Lipinski definition) is 3. The number of thiophene rings is 1. The zero-order valence-corrected chi connectivity index (χ0v) is 13.4. The predicted molar refractivity (Wildman–Crippen MR) is 87.8 cm³/mol. The zero-order chi connectivity index (χ0) is 14.5. The van der Waals surface area contributed by atoms with Gasteiger partial charge in [0.1, 0.15) is 0 Å². The maximum atomic E-state index is 12.4. The maximum Gasteiger partial charge on any atom is 0.263 e. The molecule has 1 aliphatic carbocycles. The molecule has 0 radical (unpaired) electrons. The van der Waals surface area contributed by atoms with Crippen molar-refractivity contribution in [3.8, 4) is 0 Å². The number of rotatable bonds is 3. The Balaban J connectivity index is 1.52. The highest BCUT2D eigenvalue weighted by atomic mass is 32.1. The van der Waals surface area contributed by atoms with E-state index in [1.807, 2.05) is 22.4 Å². The van der Waals surface area contributed by atoms with Crippen LogP contribution in [0, 0.1) is 5.92 Å². The molecule has 0 bridgehead atoms. The van der Waals surface area contributed by atoms with Gasteiger partial charge in [0.15, 0.2) is 0 Å². The second kappa shape index (κ2) is 7.23. The van der Waals surface area contributed by atoms with Gasteiger partial charge in [0.05, 0.1) is 4.88 Å². The van der Waals surface area contributed by atoms with Crippen LogP contribution < -0.4 is 0 Å². The van der Waals surface area contributed by atoms with Crippen LogP contribution in [0.25, 0.3) is 0 Å². The third-order valence-electron chi connectivity index (χ3n) is 4.50. The van der Waals surface area contributed by atoms with Gasteiger partial charge in [0.25, 0.3) is 5.91 Å². The molecule has 21 heavy (non-hydrogen) atoms. The van der Waals surface area contributed by atoms with Crippen molar-refractivity contribution in [1.29, 1.82) is 0 Å². The Morgan fingerprint density at radius 1 is 1.24 bits per heavy atom. The Kier molecular flexibility index (Phi) is 5.09. The average Bonchev–Trinajstić information content (AvgIpc) is 2.95. The number of allylic oxidation sites excluding steroid dienone is 2.